The van der Waals surface area contributed by atoms with E-state index in [4.69, 9.17) is 0 Å². The number of hydrogen-bond donors (Lipinski definition) is 0. The monoisotopic (exact) mass is 447 g/mol. The molecule has 3 heteroatoms. The van der Waals surface area contributed by atoms with Crippen molar-refractivity contribution in [1.82, 2.24) is 2.78 Å². The fourth-order valence-corrected chi connectivity index (χ4v) is 3.53. The van der Waals surface area contributed by atoms with Crippen LogP contribution >= 0.6 is 45.5 Å². The molecular formula is C14H11I2N. The van der Waals surface area contributed by atoms with Crippen molar-refractivity contribution in [3.63, 3.8) is 0 Å². The number of halogens is 2. The highest BCUT2D eigenvalue weighted by atomic mass is 127. The lowest BCUT2D eigenvalue weighted by molar-refractivity contribution is 1.24. The lowest BCUT2D eigenvalue weighted by Crippen LogP contribution is -1.82. The summed E-state index contributed by atoms with van der Waals surface area (Å²) in [6.07, 6.45) is 7.86. The molecule has 1 nitrogen and oxygen atoms in total. The number of fused-ring (bicyclic) bond motifs is 3. The Morgan fingerprint density at radius 2 is 2.12 bits per heavy atom. The summed E-state index contributed by atoms with van der Waals surface area (Å²) < 4.78 is 3.54. The first-order valence-corrected chi connectivity index (χ1v) is 7.55. The minimum Gasteiger partial charge on any atom is -0.282 e. The number of benzene rings is 1. The van der Waals surface area contributed by atoms with Crippen LogP contribution in [0.2, 0.25) is 0 Å². The van der Waals surface area contributed by atoms with Gasteiger partial charge in [-0.1, -0.05) is 23.8 Å². The first kappa shape index (κ1) is 11.8. The average molecular weight is 447 g/mol. The Kier molecular flexibility index (Phi) is 3.06. The zero-order valence-corrected chi connectivity index (χ0v) is 13.7. The van der Waals surface area contributed by atoms with Gasteiger partial charge in [-0.25, -0.2) is 0 Å². The third kappa shape index (κ3) is 1.97. The highest BCUT2D eigenvalue weighted by molar-refractivity contribution is 14.1. The molecule has 0 N–H and O–H groups in total. The first-order valence-electron chi connectivity index (χ1n) is 5.50. The highest BCUT2D eigenvalue weighted by Crippen LogP contribution is 2.34. The molecule has 1 aromatic heterocycles. The second kappa shape index (κ2) is 4.42. The Morgan fingerprint density at radius 1 is 1.29 bits per heavy atom. The molecule has 1 aromatic carbocycles. The molecule has 0 unspecified atom stereocenters. The van der Waals surface area contributed by atoms with Gasteiger partial charge in [0.2, 0.25) is 0 Å². The molecule has 86 valence electrons. The summed E-state index contributed by atoms with van der Waals surface area (Å²) in [6, 6.07) is 6.65. The molecule has 2 aromatic rings. The summed E-state index contributed by atoms with van der Waals surface area (Å²) in [6.45, 7) is 2.20. The predicted molar refractivity (Wildman–Crippen MR) is 91.4 cm³/mol. The fraction of sp³-hybridized carbons (Fsp3) is 0.143. The fourth-order valence-electron chi connectivity index (χ4n) is 2.24. The van der Waals surface area contributed by atoms with Crippen LogP contribution in [0.4, 0.5) is 0 Å². The van der Waals surface area contributed by atoms with Gasteiger partial charge < -0.3 is 0 Å². The molecule has 0 radical (unpaired) electrons. The van der Waals surface area contributed by atoms with Gasteiger partial charge in [-0.2, -0.15) is 0 Å². The Labute approximate surface area is 128 Å². The van der Waals surface area contributed by atoms with Crippen molar-refractivity contribution in [1.29, 1.82) is 0 Å². The maximum Gasteiger partial charge on any atom is 0.0646 e. The van der Waals surface area contributed by atoms with Crippen molar-refractivity contribution < 1.29 is 0 Å². The minimum absolute atomic E-state index is 1.05. The molecule has 0 bridgehead atoms. The number of hydrogen-bond acceptors (Lipinski definition) is 0. The molecule has 1 aliphatic rings. The molecule has 17 heavy (non-hydrogen) atoms. The molecule has 0 saturated heterocycles. The average Bonchev–Trinajstić information content (AvgIpc) is 2.48. The Morgan fingerprint density at radius 3 is 2.94 bits per heavy atom. The van der Waals surface area contributed by atoms with Gasteiger partial charge in [0, 0.05) is 14.5 Å². The summed E-state index contributed by atoms with van der Waals surface area (Å²) in [4.78, 5) is 0. The molecule has 0 fully saturated rings. The van der Waals surface area contributed by atoms with Crippen molar-refractivity contribution >= 4 is 68.5 Å². The van der Waals surface area contributed by atoms with Crippen LogP contribution in [0.5, 0.6) is 0 Å². The maximum atomic E-state index is 2.39. The summed E-state index contributed by atoms with van der Waals surface area (Å²) in [5.41, 5.74) is 5.39. The van der Waals surface area contributed by atoms with E-state index in [-0.39, 0.29) is 0 Å². The molecule has 3 rings (SSSR count). The van der Waals surface area contributed by atoms with Gasteiger partial charge in [0.05, 0.1) is 34.1 Å². The van der Waals surface area contributed by atoms with Crippen LogP contribution in [0, 0.1) is 3.57 Å². The first-order chi connectivity index (χ1) is 8.16. The zero-order chi connectivity index (χ0) is 12.0. The van der Waals surface area contributed by atoms with Crippen LogP contribution in [0.25, 0.3) is 23.1 Å². The van der Waals surface area contributed by atoms with Gasteiger partial charge in [0.1, 0.15) is 0 Å². The molecule has 0 atom stereocenters. The zero-order valence-electron chi connectivity index (χ0n) is 9.37. The van der Waals surface area contributed by atoms with Crippen LogP contribution in [0.1, 0.15) is 24.6 Å². The smallest absolute Gasteiger partial charge is 0.0646 e. The number of rotatable bonds is 0. The van der Waals surface area contributed by atoms with E-state index in [1.165, 1.54) is 31.3 Å². The van der Waals surface area contributed by atoms with E-state index in [0.29, 0.717) is 0 Å². The Balaban J connectivity index is 2.44. The normalized spacial score (nSPS) is 14.6. The van der Waals surface area contributed by atoms with Crippen LogP contribution in [0.15, 0.2) is 29.8 Å². The van der Waals surface area contributed by atoms with Crippen LogP contribution in [-0.4, -0.2) is 2.78 Å². The maximum absolute atomic E-state index is 2.39. The van der Waals surface area contributed by atoms with E-state index in [2.05, 4.69) is 91.6 Å². The second-order valence-electron chi connectivity index (χ2n) is 4.34. The van der Waals surface area contributed by atoms with E-state index >= 15 is 0 Å². The van der Waals surface area contributed by atoms with Crippen molar-refractivity contribution in [2.45, 2.75) is 13.3 Å². The molecule has 0 spiro atoms. The predicted octanol–water partition coefficient (Wildman–Crippen LogP) is 5.26. The van der Waals surface area contributed by atoms with Crippen molar-refractivity contribution in [2.75, 3.05) is 0 Å². The molecule has 0 amide bonds. The Bertz CT molecular complexity index is 662. The number of aromatic nitrogens is 1. The topological polar surface area (TPSA) is 4.93 Å². The van der Waals surface area contributed by atoms with E-state index in [9.17, 15) is 0 Å². The van der Waals surface area contributed by atoms with E-state index in [1.54, 1.807) is 0 Å². The summed E-state index contributed by atoms with van der Waals surface area (Å²) in [5.74, 6) is 0. The van der Waals surface area contributed by atoms with Crippen molar-refractivity contribution in [2.24, 2.45) is 0 Å². The van der Waals surface area contributed by atoms with Gasteiger partial charge in [-0.05, 0) is 54.1 Å². The SMILES string of the molecule is CC1=Cc2c(n(I)c3cc(I)ccc23)C=CC1. The third-order valence-electron chi connectivity index (χ3n) is 3.06. The van der Waals surface area contributed by atoms with Gasteiger partial charge in [-0.3, -0.25) is 2.78 Å². The third-order valence-corrected chi connectivity index (χ3v) is 4.77. The molecule has 0 aliphatic heterocycles. The number of nitrogens with zero attached hydrogens (tertiary/aromatic N) is 1. The molecule has 0 saturated carbocycles. The highest BCUT2D eigenvalue weighted by Gasteiger charge is 2.14. The van der Waals surface area contributed by atoms with E-state index in [0.717, 1.165) is 6.42 Å². The van der Waals surface area contributed by atoms with Gasteiger partial charge in [0.15, 0.2) is 0 Å². The van der Waals surface area contributed by atoms with E-state index in [1.807, 2.05) is 0 Å². The lowest BCUT2D eigenvalue weighted by Gasteiger charge is -1.97. The van der Waals surface area contributed by atoms with Gasteiger partial charge in [-0.15, -0.1) is 0 Å². The summed E-state index contributed by atoms with van der Waals surface area (Å²) >= 11 is 4.76. The van der Waals surface area contributed by atoms with Crippen molar-refractivity contribution in [3.05, 3.63) is 44.7 Å². The van der Waals surface area contributed by atoms with Crippen LogP contribution in [-0.2, 0) is 0 Å². The summed E-state index contributed by atoms with van der Waals surface area (Å²) in [5, 5.41) is 1.35. The van der Waals surface area contributed by atoms with Gasteiger partial charge in [0.25, 0.3) is 0 Å². The standard InChI is InChI=1S/C14H11I2N/c1-9-3-2-4-13-12(7-9)11-6-5-10(15)8-14(11)17(13)16/h2,4-8H,3H2,1H3. The lowest BCUT2D eigenvalue weighted by atomic mass is 10.1. The van der Waals surface area contributed by atoms with Crippen LogP contribution in [0.3, 0.4) is 0 Å². The molecule has 1 heterocycles. The van der Waals surface area contributed by atoms with Crippen LogP contribution < -0.4 is 0 Å². The summed E-state index contributed by atoms with van der Waals surface area (Å²) in [7, 11) is 0. The molecule has 1 aliphatic carbocycles. The largest absolute Gasteiger partial charge is 0.282 e. The number of allylic oxidation sites excluding steroid dienone is 2. The van der Waals surface area contributed by atoms with Crippen molar-refractivity contribution in [3.8, 4) is 0 Å². The van der Waals surface area contributed by atoms with Gasteiger partial charge >= 0.3 is 0 Å². The Hall–Kier alpha value is -0.300. The quantitative estimate of drug-likeness (QED) is 0.486. The molecular weight excluding hydrogens is 436 g/mol. The second-order valence-corrected chi connectivity index (χ2v) is 6.55. The minimum atomic E-state index is 1.05. The van der Waals surface area contributed by atoms with E-state index < -0.39 is 0 Å².